The summed E-state index contributed by atoms with van der Waals surface area (Å²) in [6, 6.07) is 1.04. The molecule has 1 aliphatic heterocycles. The van der Waals surface area contributed by atoms with Crippen LogP contribution in [-0.4, -0.2) is 55.2 Å². The van der Waals surface area contributed by atoms with Gasteiger partial charge in [0.1, 0.15) is 5.82 Å². The van der Waals surface area contributed by atoms with E-state index in [1.54, 1.807) is 18.8 Å². The van der Waals surface area contributed by atoms with Crippen molar-refractivity contribution in [2.24, 2.45) is 4.99 Å². The van der Waals surface area contributed by atoms with Crippen LogP contribution in [0.1, 0.15) is 18.9 Å². The van der Waals surface area contributed by atoms with Crippen LogP contribution in [0.4, 0.5) is 19.0 Å². The molecule has 2 unspecified atom stereocenters. The van der Waals surface area contributed by atoms with Crippen LogP contribution >= 0.6 is 23.4 Å². The van der Waals surface area contributed by atoms with E-state index in [0.717, 1.165) is 25.2 Å². The molecule has 2 atom stereocenters. The molecule has 0 radical (unpaired) electrons. The maximum atomic E-state index is 12.7. The van der Waals surface area contributed by atoms with Gasteiger partial charge in [0.2, 0.25) is 0 Å². The molecule has 0 aromatic carbocycles. The molecular weight excluding hydrogens is 387 g/mol. The van der Waals surface area contributed by atoms with Gasteiger partial charge >= 0.3 is 6.18 Å². The Labute approximate surface area is 160 Å². The van der Waals surface area contributed by atoms with Gasteiger partial charge in [-0.25, -0.2) is 4.98 Å². The highest BCUT2D eigenvalue weighted by molar-refractivity contribution is 7.99. The molecule has 10 heteroatoms. The standard InChI is InChI=1S/C16H23ClF3N5S/c1-10(26-3)7-23-15(21-2)24-12-4-5-25(9-12)14-13(17)6-11(8-22-14)16(18,19)20/h6,8,10,12H,4-5,7,9H2,1-3H3,(H2,21,23,24). The first kappa shape index (κ1) is 21.0. The second-order valence-corrected chi connectivity index (χ2v) is 7.79. The van der Waals surface area contributed by atoms with Gasteiger partial charge in [-0.1, -0.05) is 18.5 Å². The Morgan fingerprint density at radius 2 is 2.27 bits per heavy atom. The number of nitrogens with one attached hydrogen (secondary N) is 2. The lowest BCUT2D eigenvalue weighted by molar-refractivity contribution is -0.137. The molecule has 1 aliphatic rings. The zero-order valence-electron chi connectivity index (χ0n) is 14.9. The summed E-state index contributed by atoms with van der Waals surface area (Å²) in [7, 11) is 1.71. The topological polar surface area (TPSA) is 52.6 Å². The van der Waals surface area contributed by atoms with E-state index in [9.17, 15) is 13.2 Å². The van der Waals surface area contributed by atoms with E-state index < -0.39 is 11.7 Å². The minimum Gasteiger partial charge on any atom is -0.355 e. The number of pyridine rings is 1. The van der Waals surface area contributed by atoms with E-state index >= 15 is 0 Å². The molecule has 5 nitrogen and oxygen atoms in total. The normalized spacial score (nSPS) is 19.6. The minimum atomic E-state index is -4.45. The summed E-state index contributed by atoms with van der Waals surface area (Å²) in [6.07, 6.45) is -0.751. The van der Waals surface area contributed by atoms with Gasteiger partial charge in [-0.3, -0.25) is 4.99 Å². The molecule has 1 aromatic heterocycles. The Balaban J connectivity index is 1.96. The first-order valence-electron chi connectivity index (χ1n) is 8.22. The largest absolute Gasteiger partial charge is 0.417 e. The van der Waals surface area contributed by atoms with E-state index in [1.165, 1.54) is 0 Å². The lowest BCUT2D eigenvalue weighted by Crippen LogP contribution is -2.46. The van der Waals surface area contributed by atoms with Gasteiger partial charge in [0.15, 0.2) is 5.96 Å². The molecule has 1 aromatic rings. The number of rotatable bonds is 5. The van der Waals surface area contributed by atoms with Crippen molar-refractivity contribution >= 4 is 35.1 Å². The van der Waals surface area contributed by atoms with Crippen molar-refractivity contribution in [2.75, 3.05) is 37.8 Å². The number of thioether (sulfide) groups is 1. The second kappa shape index (κ2) is 9.03. The van der Waals surface area contributed by atoms with Crippen molar-refractivity contribution in [1.82, 2.24) is 15.6 Å². The van der Waals surface area contributed by atoms with Crippen LogP contribution in [0.5, 0.6) is 0 Å². The number of hydrogen-bond acceptors (Lipinski definition) is 4. The fourth-order valence-electron chi connectivity index (χ4n) is 2.60. The summed E-state index contributed by atoms with van der Waals surface area (Å²) in [5.41, 5.74) is -0.840. The maximum Gasteiger partial charge on any atom is 0.417 e. The molecule has 1 fully saturated rings. The summed E-state index contributed by atoms with van der Waals surface area (Å²) in [5, 5.41) is 7.08. The van der Waals surface area contributed by atoms with Crippen molar-refractivity contribution < 1.29 is 13.2 Å². The summed E-state index contributed by atoms with van der Waals surface area (Å²) in [4.78, 5) is 10.0. The Hall–Kier alpha value is -1.35. The molecule has 2 heterocycles. The van der Waals surface area contributed by atoms with Crippen LogP contribution in [0.3, 0.4) is 0 Å². The third kappa shape index (κ3) is 5.57. The summed E-state index contributed by atoms with van der Waals surface area (Å²) >= 11 is 7.80. The van der Waals surface area contributed by atoms with Crippen molar-refractivity contribution in [2.45, 2.75) is 30.8 Å². The maximum absolute atomic E-state index is 12.7. The van der Waals surface area contributed by atoms with E-state index in [-0.39, 0.29) is 11.1 Å². The fraction of sp³-hybridized carbons (Fsp3) is 0.625. The Morgan fingerprint density at radius 3 is 2.85 bits per heavy atom. The Morgan fingerprint density at radius 1 is 1.54 bits per heavy atom. The number of anilines is 1. The molecular formula is C16H23ClF3N5S. The minimum absolute atomic E-state index is 0.0109. The highest BCUT2D eigenvalue weighted by atomic mass is 35.5. The fourth-order valence-corrected chi connectivity index (χ4v) is 3.14. The zero-order valence-corrected chi connectivity index (χ0v) is 16.5. The predicted molar refractivity (Wildman–Crippen MR) is 102 cm³/mol. The predicted octanol–water partition coefficient (Wildman–Crippen LogP) is 3.25. The number of guanidine groups is 1. The average molecular weight is 410 g/mol. The van der Waals surface area contributed by atoms with Crippen LogP contribution in [-0.2, 0) is 6.18 Å². The van der Waals surface area contributed by atoms with Crippen molar-refractivity contribution in [1.29, 1.82) is 0 Å². The van der Waals surface area contributed by atoms with Crippen LogP contribution in [0.15, 0.2) is 17.3 Å². The molecule has 0 spiro atoms. The van der Waals surface area contributed by atoms with Crippen LogP contribution in [0.2, 0.25) is 5.02 Å². The molecule has 0 bridgehead atoms. The molecule has 146 valence electrons. The third-order valence-electron chi connectivity index (χ3n) is 4.16. The van der Waals surface area contributed by atoms with Crippen molar-refractivity contribution in [3.8, 4) is 0 Å². The van der Waals surface area contributed by atoms with Crippen molar-refractivity contribution in [3.63, 3.8) is 0 Å². The van der Waals surface area contributed by atoms with Crippen LogP contribution in [0.25, 0.3) is 0 Å². The summed E-state index contributed by atoms with van der Waals surface area (Å²) < 4.78 is 38.2. The van der Waals surface area contributed by atoms with Gasteiger partial charge in [0.25, 0.3) is 0 Å². The zero-order chi connectivity index (χ0) is 19.3. The molecule has 0 amide bonds. The molecule has 2 N–H and O–H groups in total. The molecule has 0 saturated carbocycles. The Kier molecular flexibility index (Phi) is 7.28. The number of nitrogens with zero attached hydrogens (tertiary/aromatic N) is 3. The first-order chi connectivity index (χ1) is 12.2. The van der Waals surface area contributed by atoms with Crippen LogP contribution in [0, 0.1) is 0 Å². The van der Waals surface area contributed by atoms with Crippen LogP contribution < -0.4 is 15.5 Å². The third-order valence-corrected chi connectivity index (χ3v) is 5.41. The first-order valence-corrected chi connectivity index (χ1v) is 9.88. The number of aromatic nitrogens is 1. The van der Waals surface area contributed by atoms with Gasteiger partial charge in [0, 0.05) is 44.2 Å². The Bertz CT molecular complexity index is 641. The quantitative estimate of drug-likeness (QED) is 0.577. The number of alkyl halides is 3. The van der Waals surface area contributed by atoms with E-state index in [2.05, 4.69) is 33.8 Å². The molecule has 0 aliphatic carbocycles. The summed E-state index contributed by atoms with van der Waals surface area (Å²) in [6.45, 7) is 4.18. The molecule has 2 rings (SSSR count). The average Bonchev–Trinajstić information content (AvgIpc) is 3.05. The lowest BCUT2D eigenvalue weighted by atomic mass is 10.2. The monoisotopic (exact) mass is 409 g/mol. The van der Waals surface area contributed by atoms with Crippen molar-refractivity contribution in [3.05, 3.63) is 22.8 Å². The highest BCUT2D eigenvalue weighted by Crippen LogP contribution is 2.34. The smallest absolute Gasteiger partial charge is 0.355 e. The van der Waals surface area contributed by atoms with E-state index in [1.807, 2.05) is 4.90 Å². The number of aliphatic imine (C=N–C) groups is 1. The molecule has 1 saturated heterocycles. The van der Waals surface area contributed by atoms with Gasteiger partial charge in [-0.2, -0.15) is 24.9 Å². The highest BCUT2D eigenvalue weighted by Gasteiger charge is 2.33. The summed E-state index contributed by atoms with van der Waals surface area (Å²) in [5.74, 6) is 1.09. The number of hydrogen-bond donors (Lipinski definition) is 2. The van der Waals surface area contributed by atoms with E-state index in [4.69, 9.17) is 11.6 Å². The van der Waals surface area contributed by atoms with Gasteiger partial charge in [0.05, 0.1) is 10.6 Å². The molecule has 26 heavy (non-hydrogen) atoms. The van der Waals surface area contributed by atoms with Gasteiger partial charge in [-0.15, -0.1) is 0 Å². The van der Waals surface area contributed by atoms with Gasteiger partial charge in [-0.05, 0) is 18.7 Å². The lowest BCUT2D eigenvalue weighted by Gasteiger charge is -2.21. The number of halogens is 4. The van der Waals surface area contributed by atoms with E-state index in [0.29, 0.717) is 30.1 Å². The second-order valence-electron chi connectivity index (χ2n) is 6.10. The van der Waals surface area contributed by atoms with Gasteiger partial charge < -0.3 is 15.5 Å². The SMILES string of the molecule is CN=C(NCC(C)SC)NC1CCN(c2ncc(C(F)(F)F)cc2Cl)C1.